The smallest absolute Gasteiger partial charge is 0.269 e. The van der Waals surface area contributed by atoms with E-state index in [4.69, 9.17) is 5.73 Å². The maximum atomic E-state index is 12.0. The third-order valence-electron chi connectivity index (χ3n) is 5.48. The van der Waals surface area contributed by atoms with Crippen LogP contribution in [0.3, 0.4) is 0 Å². The van der Waals surface area contributed by atoms with Crippen molar-refractivity contribution < 1.29 is 36.0 Å². The fraction of sp³-hybridized carbons (Fsp3) is 0. The van der Waals surface area contributed by atoms with Crippen LogP contribution in [0.15, 0.2) is 86.7 Å². The first-order valence-electron chi connectivity index (χ1n) is 10.7. The number of phenolic OH excluding ortho intramolecular Hbond substituents is 1. The summed E-state index contributed by atoms with van der Waals surface area (Å²) in [5, 5.41) is 28.8. The number of anilines is 1. The lowest BCUT2D eigenvalue weighted by Gasteiger charge is -2.19. The maximum absolute atomic E-state index is 12.0. The number of aromatic hydroxyl groups is 1. The maximum Gasteiger partial charge on any atom is 0.269 e. The van der Waals surface area contributed by atoms with Crippen LogP contribution in [0.2, 0.25) is 0 Å². The molecule has 0 aliphatic rings. The van der Waals surface area contributed by atoms with Crippen LogP contribution in [0, 0.1) is 10.1 Å². The predicted octanol–water partition coefficient (Wildman–Crippen LogP) is 4.43. The standard InChI is InChI=1S/C24H18N4O9S2/c25-22-21-15(12-19(38(32,33)34)18(24(21)29)11-6-14-4-2-1-3-5-14)13-20(39(35,36)37)23(22)27-26-16-7-9-17(10-8-16)28(30)31/h1-13,29H,25H2,(H,32,33,34)(H,35,36,37)/p-2/b11-6+,27-26?. The van der Waals surface area contributed by atoms with Crippen molar-refractivity contribution in [1.82, 2.24) is 0 Å². The number of nitro groups is 1. The van der Waals surface area contributed by atoms with E-state index in [0.717, 1.165) is 24.3 Å². The Bertz CT molecular complexity index is 1890. The molecular weight excluding hydrogens is 552 g/mol. The molecule has 39 heavy (non-hydrogen) atoms. The summed E-state index contributed by atoms with van der Waals surface area (Å²) in [6, 6.07) is 14.7. The molecule has 0 fully saturated rings. The number of hydrogen-bond donors (Lipinski definition) is 2. The van der Waals surface area contributed by atoms with Crippen LogP contribution < -0.4 is 5.73 Å². The lowest BCUT2D eigenvalue weighted by molar-refractivity contribution is -0.384. The lowest BCUT2D eigenvalue weighted by atomic mass is 10.0. The number of rotatable bonds is 7. The second-order valence-electron chi connectivity index (χ2n) is 8.00. The lowest BCUT2D eigenvalue weighted by Crippen LogP contribution is -2.05. The van der Waals surface area contributed by atoms with Gasteiger partial charge in [0.2, 0.25) is 0 Å². The number of azo groups is 1. The van der Waals surface area contributed by atoms with Gasteiger partial charge in [0, 0.05) is 23.1 Å². The fourth-order valence-electron chi connectivity index (χ4n) is 3.69. The number of phenols is 1. The van der Waals surface area contributed by atoms with Gasteiger partial charge in [0.25, 0.3) is 5.69 Å². The van der Waals surface area contributed by atoms with Crippen molar-refractivity contribution >= 4 is 65.9 Å². The van der Waals surface area contributed by atoms with Crippen molar-refractivity contribution in [3.8, 4) is 5.75 Å². The number of nitrogen functional groups attached to an aromatic ring is 1. The third-order valence-corrected chi connectivity index (χ3v) is 7.21. The van der Waals surface area contributed by atoms with E-state index in [9.17, 15) is 41.2 Å². The molecule has 0 radical (unpaired) electrons. The first kappa shape index (κ1) is 27.3. The molecule has 200 valence electrons. The van der Waals surface area contributed by atoms with Crippen molar-refractivity contribution in [1.29, 1.82) is 0 Å². The first-order chi connectivity index (χ1) is 18.3. The highest BCUT2D eigenvalue weighted by atomic mass is 32.2. The van der Waals surface area contributed by atoms with Gasteiger partial charge in [-0.25, -0.2) is 16.8 Å². The molecule has 0 aromatic heterocycles. The van der Waals surface area contributed by atoms with Crippen LogP contribution in [0.25, 0.3) is 22.9 Å². The van der Waals surface area contributed by atoms with Crippen LogP contribution in [-0.4, -0.2) is 36.0 Å². The Labute approximate surface area is 221 Å². The Morgan fingerprint density at radius 3 is 2.00 bits per heavy atom. The third kappa shape index (κ3) is 5.75. The Kier molecular flexibility index (Phi) is 7.16. The van der Waals surface area contributed by atoms with E-state index >= 15 is 0 Å². The highest BCUT2D eigenvalue weighted by Crippen LogP contribution is 2.45. The SMILES string of the molecule is Nc1c(N=Nc2ccc([N+](=O)[O-])cc2)c(S(=O)(=O)[O-])cc2cc(S(=O)(=O)[O-])c(/C=C/c3ccccc3)c(O)c12. The topological polar surface area (TPSA) is 229 Å². The average molecular weight is 569 g/mol. The van der Waals surface area contributed by atoms with Crippen LogP contribution in [0.5, 0.6) is 5.75 Å². The summed E-state index contributed by atoms with van der Waals surface area (Å²) in [5.41, 5.74) is 4.88. The predicted molar refractivity (Wildman–Crippen MR) is 139 cm³/mol. The summed E-state index contributed by atoms with van der Waals surface area (Å²) >= 11 is 0. The molecule has 0 amide bonds. The molecule has 0 aliphatic carbocycles. The molecule has 0 aliphatic heterocycles. The van der Waals surface area contributed by atoms with Gasteiger partial charge >= 0.3 is 0 Å². The van der Waals surface area contributed by atoms with Gasteiger partial charge in [0.15, 0.2) is 0 Å². The molecule has 0 heterocycles. The average Bonchev–Trinajstić information content (AvgIpc) is 2.86. The quantitative estimate of drug-likeness (QED) is 0.0795. The Hall–Kier alpha value is -4.70. The second-order valence-corrected chi connectivity index (χ2v) is 10.7. The number of nitro benzene ring substituents is 1. The number of nitrogens with zero attached hydrogens (tertiary/aromatic N) is 3. The molecule has 0 unspecified atom stereocenters. The van der Waals surface area contributed by atoms with Crippen molar-refractivity contribution in [3.63, 3.8) is 0 Å². The van der Waals surface area contributed by atoms with Crippen molar-refractivity contribution in [3.05, 3.63) is 88.0 Å². The van der Waals surface area contributed by atoms with Crippen molar-refractivity contribution in [2.75, 3.05) is 5.73 Å². The molecule has 3 N–H and O–H groups in total. The second kappa shape index (κ2) is 10.2. The van der Waals surface area contributed by atoms with Crippen LogP contribution in [-0.2, 0) is 20.2 Å². The summed E-state index contributed by atoms with van der Waals surface area (Å²) < 4.78 is 72.2. The van der Waals surface area contributed by atoms with Crippen LogP contribution >= 0.6 is 0 Å². The van der Waals surface area contributed by atoms with Gasteiger partial charge in [-0.3, -0.25) is 10.1 Å². The number of benzene rings is 4. The molecule has 0 atom stereocenters. The highest BCUT2D eigenvalue weighted by molar-refractivity contribution is 7.86. The largest absolute Gasteiger partial charge is 0.744 e. The number of fused-ring (bicyclic) bond motifs is 1. The van der Waals surface area contributed by atoms with Crippen LogP contribution in [0.4, 0.5) is 22.7 Å². The molecule has 0 bridgehead atoms. The van der Waals surface area contributed by atoms with Gasteiger partial charge in [-0.15, -0.1) is 5.11 Å². The van der Waals surface area contributed by atoms with Gasteiger partial charge < -0.3 is 19.9 Å². The van der Waals surface area contributed by atoms with E-state index in [-0.39, 0.29) is 22.1 Å². The van der Waals surface area contributed by atoms with E-state index in [2.05, 4.69) is 10.2 Å². The molecule has 4 aromatic carbocycles. The Balaban J connectivity index is 1.99. The van der Waals surface area contributed by atoms with E-state index in [1.54, 1.807) is 30.3 Å². The minimum absolute atomic E-state index is 0.0397. The van der Waals surface area contributed by atoms with Gasteiger partial charge in [-0.2, -0.15) is 5.11 Å². The van der Waals surface area contributed by atoms with Crippen LogP contribution in [0.1, 0.15) is 11.1 Å². The van der Waals surface area contributed by atoms with Gasteiger partial charge in [0.1, 0.15) is 31.7 Å². The van der Waals surface area contributed by atoms with E-state index in [1.807, 2.05) is 0 Å². The monoisotopic (exact) mass is 568 g/mol. The van der Waals surface area contributed by atoms with E-state index in [1.165, 1.54) is 24.3 Å². The zero-order chi connectivity index (χ0) is 28.5. The molecule has 0 spiro atoms. The molecular formula is C24H16N4O9S2-2. The molecule has 4 aromatic rings. The number of nitrogens with two attached hydrogens (primary N) is 1. The highest BCUT2D eigenvalue weighted by Gasteiger charge is 2.23. The van der Waals surface area contributed by atoms with Gasteiger partial charge in [0.05, 0.1) is 26.1 Å². The Morgan fingerprint density at radius 2 is 1.44 bits per heavy atom. The molecule has 13 nitrogen and oxygen atoms in total. The molecule has 4 rings (SSSR count). The minimum atomic E-state index is -5.28. The zero-order valence-corrected chi connectivity index (χ0v) is 21.1. The summed E-state index contributed by atoms with van der Waals surface area (Å²) in [5.74, 6) is -0.784. The molecule has 0 saturated heterocycles. The van der Waals surface area contributed by atoms with E-state index < -0.39 is 57.6 Å². The normalized spacial score (nSPS) is 12.5. The van der Waals surface area contributed by atoms with Crippen molar-refractivity contribution in [2.24, 2.45) is 10.2 Å². The van der Waals surface area contributed by atoms with Gasteiger partial charge in [-0.1, -0.05) is 36.4 Å². The molecule has 15 heteroatoms. The molecule has 0 saturated carbocycles. The first-order valence-corrected chi connectivity index (χ1v) is 13.5. The van der Waals surface area contributed by atoms with E-state index in [0.29, 0.717) is 5.56 Å². The fourth-order valence-corrected chi connectivity index (χ4v) is 5.06. The summed E-state index contributed by atoms with van der Waals surface area (Å²) in [4.78, 5) is 8.31. The minimum Gasteiger partial charge on any atom is -0.744 e. The summed E-state index contributed by atoms with van der Waals surface area (Å²) in [6.45, 7) is 0. The Morgan fingerprint density at radius 1 is 0.846 bits per heavy atom. The number of non-ortho nitro benzene ring substituents is 1. The zero-order valence-electron chi connectivity index (χ0n) is 19.5. The van der Waals surface area contributed by atoms with Gasteiger partial charge in [-0.05, 0) is 41.3 Å². The summed E-state index contributed by atoms with van der Waals surface area (Å²) in [6.07, 6.45) is 2.60. The summed E-state index contributed by atoms with van der Waals surface area (Å²) in [7, 11) is -10.5. The number of hydrogen-bond acceptors (Lipinski definition) is 12. The van der Waals surface area contributed by atoms with Crippen molar-refractivity contribution in [2.45, 2.75) is 9.79 Å².